The predicted octanol–water partition coefficient (Wildman–Crippen LogP) is 3.71. The molecule has 27 heavy (non-hydrogen) atoms. The normalized spacial score (nSPS) is 10.6. The molecule has 5 nitrogen and oxygen atoms in total. The van der Waals surface area contributed by atoms with Crippen molar-refractivity contribution in [2.75, 3.05) is 19.0 Å². The Balaban J connectivity index is 0.000000271. The number of benzene rings is 2. The van der Waals surface area contributed by atoms with E-state index >= 15 is 0 Å². The molecule has 0 bridgehead atoms. The van der Waals surface area contributed by atoms with Gasteiger partial charge in [-0.05, 0) is 29.3 Å². The summed E-state index contributed by atoms with van der Waals surface area (Å²) < 4.78 is 36.5. The number of nitrogens with zero attached hydrogens (tertiary/aromatic N) is 1. The molecule has 0 saturated carbocycles. The van der Waals surface area contributed by atoms with Crippen LogP contribution in [0.4, 0.5) is 18.9 Å². The molecule has 0 aliphatic carbocycles. The van der Waals surface area contributed by atoms with E-state index in [2.05, 4.69) is 0 Å². The number of carboxylic acid groups (broad SMARTS) is 2. The second-order valence-corrected chi connectivity index (χ2v) is 5.90. The fraction of sp³-hybridized carbons (Fsp3) is 0.263. The first-order chi connectivity index (χ1) is 12.5. The Morgan fingerprint density at radius 2 is 1.41 bits per heavy atom. The first-order valence-electron chi connectivity index (χ1n) is 7.85. The van der Waals surface area contributed by atoms with E-state index in [-0.39, 0.29) is 12.0 Å². The van der Waals surface area contributed by atoms with Gasteiger partial charge in [-0.3, -0.25) is 9.59 Å². The van der Waals surface area contributed by atoms with Crippen LogP contribution in [-0.4, -0.2) is 36.2 Å². The second-order valence-electron chi connectivity index (χ2n) is 5.90. The molecule has 0 atom stereocenters. The molecule has 0 aliphatic heterocycles. The molecular formula is C19H20F3NO4. The maximum absolute atomic E-state index is 12.2. The molecule has 0 aliphatic rings. The Morgan fingerprint density at radius 3 is 1.85 bits per heavy atom. The van der Waals surface area contributed by atoms with Gasteiger partial charge in [0.05, 0.1) is 18.4 Å². The number of carbonyl (C=O) groups is 2. The zero-order chi connectivity index (χ0) is 20.6. The Morgan fingerprint density at radius 1 is 0.889 bits per heavy atom. The minimum Gasteiger partial charge on any atom is -0.481 e. The van der Waals surface area contributed by atoms with Gasteiger partial charge < -0.3 is 15.1 Å². The van der Waals surface area contributed by atoms with Crippen molar-refractivity contribution < 1.29 is 33.0 Å². The molecule has 2 aromatic rings. The lowest BCUT2D eigenvalue weighted by Gasteiger charge is -2.12. The fourth-order valence-electron chi connectivity index (χ4n) is 2.12. The molecule has 0 spiro atoms. The highest BCUT2D eigenvalue weighted by Crippen LogP contribution is 2.29. The van der Waals surface area contributed by atoms with Gasteiger partial charge >= 0.3 is 18.1 Å². The standard InChI is InChI=1S/C10H13NO2.C9H7F3O2/c1-11(2)9-5-3-8(4-6-9)7-10(12)13;10-9(11,12)7-3-1-2-6(4-7)5-8(13)14/h3-6H,7H2,1-2H3,(H,12,13);1-4H,5H2,(H,13,14). The van der Waals surface area contributed by atoms with E-state index in [4.69, 9.17) is 10.2 Å². The zero-order valence-corrected chi connectivity index (χ0v) is 14.8. The second kappa shape index (κ2) is 9.61. The summed E-state index contributed by atoms with van der Waals surface area (Å²) in [7, 11) is 3.90. The van der Waals surface area contributed by atoms with Gasteiger partial charge in [0.15, 0.2) is 0 Å². The smallest absolute Gasteiger partial charge is 0.416 e. The average Bonchev–Trinajstić information content (AvgIpc) is 2.54. The molecule has 2 N–H and O–H groups in total. The Labute approximate surface area is 154 Å². The van der Waals surface area contributed by atoms with Crippen molar-refractivity contribution in [3.8, 4) is 0 Å². The third kappa shape index (κ3) is 8.26. The summed E-state index contributed by atoms with van der Waals surface area (Å²) in [5.74, 6) is -1.94. The monoisotopic (exact) mass is 383 g/mol. The quantitative estimate of drug-likeness (QED) is 0.823. The largest absolute Gasteiger partial charge is 0.481 e. The molecule has 0 radical (unpaired) electrons. The van der Waals surface area contributed by atoms with Crippen molar-refractivity contribution >= 4 is 17.6 Å². The van der Waals surface area contributed by atoms with Crippen LogP contribution >= 0.6 is 0 Å². The molecule has 0 aromatic heterocycles. The van der Waals surface area contributed by atoms with Crippen molar-refractivity contribution in [2.45, 2.75) is 19.0 Å². The summed E-state index contributed by atoms with van der Waals surface area (Å²) in [6.07, 6.45) is -4.73. The van der Waals surface area contributed by atoms with Crippen LogP contribution in [0.15, 0.2) is 48.5 Å². The summed E-state index contributed by atoms with van der Waals surface area (Å²) in [6.45, 7) is 0. The van der Waals surface area contributed by atoms with Crippen molar-refractivity contribution in [3.63, 3.8) is 0 Å². The van der Waals surface area contributed by atoms with Gasteiger partial charge in [-0.25, -0.2) is 0 Å². The number of rotatable bonds is 5. The van der Waals surface area contributed by atoms with Crippen LogP contribution in [0.2, 0.25) is 0 Å². The maximum Gasteiger partial charge on any atom is 0.416 e. The number of hydrogen-bond donors (Lipinski definition) is 2. The van der Waals surface area contributed by atoms with Crippen molar-refractivity contribution in [1.29, 1.82) is 0 Å². The highest BCUT2D eigenvalue weighted by Gasteiger charge is 2.30. The summed E-state index contributed by atoms with van der Waals surface area (Å²) >= 11 is 0. The Bertz CT molecular complexity index is 771. The molecule has 0 amide bonds. The lowest BCUT2D eigenvalue weighted by Crippen LogP contribution is -2.08. The van der Waals surface area contributed by atoms with E-state index in [1.807, 2.05) is 43.3 Å². The predicted molar refractivity (Wildman–Crippen MR) is 94.9 cm³/mol. The van der Waals surface area contributed by atoms with E-state index < -0.39 is 30.1 Å². The molecule has 146 valence electrons. The Kier molecular flexibility index (Phi) is 7.83. The van der Waals surface area contributed by atoms with Crippen molar-refractivity contribution in [3.05, 3.63) is 65.2 Å². The van der Waals surface area contributed by atoms with Crippen LogP contribution in [0.25, 0.3) is 0 Å². The SMILES string of the molecule is CN(C)c1ccc(CC(=O)O)cc1.O=C(O)Cc1cccc(C(F)(F)F)c1. The van der Waals surface area contributed by atoms with E-state index in [1.54, 1.807) is 0 Å². The molecule has 2 rings (SSSR count). The van der Waals surface area contributed by atoms with Gasteiger partial charge in [-0.1, -0.05) is 30.3 Å². The van der Waals surface area contributed by atoms with Crippen LogP contribution in [0.1, 0.15) is 16.7 Å². The summed E-state index contributed by atoms with van der Waals surface area (Å²) in [5, 5.41) is 16.9. The molecule has 2 aromatic carbocycles. The van der Waals surface area contributed by atoms with Gasteiger partial charge in [-0.2, -0.15) is 13.2 Å². The number of aliphatic carboxylic acids is 2. The topological polar surface area (TPSA) is 77.8 Å². The number of alkyl halides is 3. The lowest BCUT2D eigenvalue weighted by atomic mass is 10.1. The minimum atomic E-state index is -4.42. The van der Waals surface area contributed by atoms with Crippen LogP contribution < -0.4 is 4.90 Å². The summed E-state index contributed by atoms with van der Waals surface area (Å²) in [5.41, 5.74) is 1.23. The zero-order valence-electron chi connectivity index (χ0n) is 14.8. The molecule has 0 unspecified atom stereocenters. The number of halogens is 3. The lowest BCUT2D eigenvalue weighted by molar-refractivity contribution is -0.138. The van der Waals surface area contributed by atoms with Gasteiger partial charge in [0, 0.05) is 19.8 Å². The molecule has 0 heterocycles. The first-order valence-corrected chi connectivity index (χ1v) is 7.85. The summed E-state index contributed by atoms with van der Waals surface area (Å²) in [6, 6.07) is 11.8. The van der Waals surface area contributed by atoms with E-state index in [0.29, 0.717) is 0 Å². The van der Waals surface area contributed by atoms with Gasteiger partial charge in [0.1, 0.15) is 0 Å². The molecular weight excluding hydrogens is 363 g/mol. The summed E-state index contributed by atoms with van der Waals surface area (Å²) in [4.78, 5) is 22.6. The first kappa shape index (κ1) is 22.0. The molecule has 8 heteroatoms. The average molecular weight is 383 g/mol. The van der Waals surface area contributed by atoms with E-state index in [1.165, 1.54) is 12.1 Å². The van der Waals surface area contributed by atoms with Gasteiger partial charge in [0.2, 0.25) is 0 Å². The number of hydrogen-bond acceptors (Lipinski definition) is 3. The van der Waals surface area contributed by atoms with Gasteiger partial charge in [0.25, 0.3) is 0 Å². The van der Waals surface area contributed by atoms with Gasteiger partial charge in [-0.15, -0.1) is 0 Å². The number of carboxylic acids is 2. The fourth-order valence-corrected chi connectivity index (χ4v) is 2.12. The molecule has 0 saturated heterocycles. The van der Waals surface area contributed by atoms with Crippen LogP contribution in [0.5, 0.6) is 0 Å². The highest BCUT2D eigenvalue weighted by molar-refractivity contribution is 5.70. The minimum absolute atomic E-state index is 0.0910. The van der Waals surface area contributed by atoms with Crippen molar-refractivity contribution in [2.24, 2.45) is 0 Å². The van der Waals surface area contributed by atoms with Crippen LogP contribution in [-0.2, 0) is 28.6 Å². The third-order valence-electron chi connectivity index (χ3n) is 3.42. The Hall–Kier alpha value is -3.03. The van der Waals surface area contributed by atoms with E-state index in [0.717, 1.165) is 23.4 Å². The van der Waals surface area contributed by atoms with Crippen LogP contribution in [0.3, 0.4) is 0 Å². The van der Waals surface area contributed by atoms with Crippen LogP contribution in [0, 0.1) is 0 Å². The number of anilines is 1. The van der Waals surface area contributed by atoms with E-state index in [9.17, 15) is 22.8 Å². The van der Waals surface area contributed by atoms with Crippen molar-refractivity contribution in [1.82, 2.24) is 0 Å². The third-order valence-corrected chi connectivity index (χ3v) is 3.42. The molecule has 0 fully saturated rings. The highest BCUT2D eigenvalue weighted by atomic mass is 19.4. The maximum atomic E-state index is 12.2.